The summed E-state index contributed by atoms with van der Waals surface area (Å²) in [5, 5.41) is 7.80. The molecule has 4 heteroatoms. The molecule has 2 fully saturated rings. The van der Waals surface area contributed by atoms with Gasteiger partial charge in [0.2, 0.25) is 0 Å². The van der Waals surface area contributed by atoms with Crippen LogP contribution in [-0.4, -0.2) is 41.7 Å². The van der Waals surface area contributed by atoms with Crippen molar-refractivity contribution in [3.63, 3.8) is 0 Å². The fraction of sp³-hybridized carbons (Fsp3) is 0.933. The molecule has 0 amide bonds. The van der Waals surface area contributed by atoms with Crippen LogP contribution in [0.3, 0.4) is 0 Å². The summed E-state index contributed by atoms with van der Waals surface area (Å²) >= 11 is 5.44. The lowest BCUT2D eigenvalue weighted by molar-refractivity contribution is 0.215. The van der Waals surface area contributed by atoms with E-state index in [2.05, 4.69) is 22.5 Å². The van der Waals surface area contributed by atoms with Crippen LogP contribution in [0.15, 0.2) is 0 Å². The zero-order valence-corrected chi connectivity index (χ0v) is 13.1. The number of nitrogens with zero attached hydrogens (tertiary/aromatic N) is 1. The fourth-order valence-electron chi connectivity index (χ4n) is 3.27. The number of hydrogen-bond acceptors (Lipinski definition) is 2. The second-order valence-corrected chi connectivity index (χ2v) is 6.62. The van der Waals surface area contributed by atoms with Crippen molar-refractivity contribution in [3.8, 4) is 0 Å². The van der Waals surface area contributed by atoms with Gasteiger partial charge < -0.3 is 15.5 Å². The van der Waals surface area contributed by atoms with E-state index in [9.17, 15) is 0 Å². The lowest BCUT2D eigenvalue weighted by Crippen LogP contribution is -2.49. The van der Waals surface area contributed by atoms with Crippen LogP contribution in [0.5, 0.6) is 0 Å². The van der Waals surface area contributed by atoms with Gasteiger partial charge in [0.05, 0.1) is 0 Å². The van der Waals surface area contributed by atoms with Crippen LogP contribution in [0.25, 0.3) is 0 Å². The van der Waals surface area contributed by atoms with Gasteiger partial charge in [-0.15, -0.1) is 0 Å². The van der Waals surface area contributed by atoms with Crippen LogP contribution in [0, 0.1) is 0 Å². The van der Waals surface area contributed by atoms with E-state index >= 15 is 0 Å². The summed E-state index contributed by atoms with van der Waals surface area (Å²) in [5.41, 5.74) is 0. The van der Waals surface area contributed by atoms with Crippen molar-refractivity contribution in [2.45, 2.75) is 70.4 Å². The first kappa shape index (κ1) is 15.0. The highest BCUT2D eigenvalue weighted by Gasteiger charge is 2.16. The van der Waals surface area contributed by atoms with E-state index in [0.717, 1.165) is 11.7 Å². The molecular formula is C15H29N3S. The molecule has 0 radical (unpaired) electrons. The van der Waals surface area contributed by atoms with Crippen LogP contribution < -0.4 is 10.6 Å². The second kappa shape index (κ2) is 8.05. The van der Waals surface area contributed by atoms with Gasteiger partial charge in [0.25, 0.3) is 0 Å². The molecule has 110 valence electrons. The molecule has 1 aliphatic carbocycles. The van der Waals surface area contributed by atoms with Crippen molar-refractivity contribution >= 4 is 17.3 Å². The largest absolute Gasteiger partial charge is 0.360 e. The minimum Gasteiger partial charge on any atom is -0.360 e. The molecule has 1 unspecified atom stereocenters. The van der Waals surface area contributed by atoms with Crippen molar-refractivity contribution in [1.82, 2.24) is 15.5 Å². The molecule has 1 atom stereocenters. The average molecular weight is 283 g/mol. The highest BCUT2D eigenvalue weighted by Crippen LogP contribution is 2.17. The fourth-order valence-corrected chi connectivity index (χ4v) is 3.64. The Morgan fingerprint density at radius 3 is 2.42 bits per heavy atom. The van der Waals surface area contributed by atoms with E-state index in [1.54, 1.807) is 0 Å². The molecule has 0 aromatic carbocycles. The molecule has 19 heavy (non-hydrogen) atoms. The third-order valence-electron chi connectivity index (χ3n) is 4.30. The minimum atomic E-state index is 0.446. The van der Waals surface area contributed by atoms with Crippen LogP contribution >= 0.6 is 12.2 Å². The molecule has 1 heterocycles. The summed E-state index contributed by atoms with van der Waals surface area (Å²) in [7, 11) is 0. The Bertz CT molecular complexity index is 271. The van der Waals surface area contributed by atoms with E-state index in [1.165, 1.54) is 64.5 Å². The molecular weight excluding hydrogens is 254 g/mol. The average Bonchev–Trinajstić information content (AvgIpc) is 2.40. The van der Waals surface area contributed by atoms with Crippen molar-refractivity contribution in [1.29, 1.82) is 0 Å². The molecule has 0 aromatic heterocycles. The van der Waals surface area contributed by atoms with E-state index in [1.807, 2.05) is 0 Å². The van der Waals surface area contributed by atoms with Gasteiger partial charge >= 0.3 is 0 Å². The Morgan fingerprint density at radius 2 is 1.74 bits per heavy atom. The summed E-state index contributed by atoms with van der Waals surface area (Å²) in [5.74, 6) is 0. The molecule has 0 spiro atoms. The standard InChI is InChI=1S/C15H29N3S/c1-13(12-18-10-6-3-7-11-18)16-15(19)17-14-8-4-2-5-9-14/h13-14H,2-12H2,1H3,(H2,16,17,19). The first-order chi connectivity index (χ1) is 9.24. The summed E-state index contributed by atoms with van der Waals surface area (Å²) in [6, 6.07) is 1.05. The van der Waals surface area contributed by atoms with Crippen molar-refractivity contribution < 1.29 is 0 Å². The van der Waals surface area contributed by atoms with Crippen molar-refractivity contribution in [2.24, 2.45) is 0 Å². The number of rotatable bonds is 4. The number of nitrogens with one attached hydrogen (secondary N) is 2. The first-order valence-corrected chi connectivity index (χ1v) is 8.44. The van der Waals surface area contributed by atoms with Crippen LogP contribution in [0.2, 0.25) is 0 Å². The predicted molar refractivity (Wildman–Crippen MR) is 85.5 cm³/mol. The number of piperidine rings is 1. The van der Waals surface area contributed by atoms with Crippen molar-refractivity contribution in [3.05, 3.63) is 0 Å². The van der Waals surface area contributed by atoms with Gasteiger partial charge in [0.15, 0.2) is 5.11 Å². The Labute approximate surface area is 123 Å². The van der Waals surface area contributed by atoms with Gasteiger partial charge in [-0.05, 0) is 57.9 Å². The van der Waals surface area contributed by atoms with E-state index in [0.29, 0.717) is 12.1 Å². The zero-order valence-electron chi connectivity index (χ0n) is 12.3. The topological polar surface area (TPSA) is 27.3 Å². The molecule has 1 aliphatic heterocycles. The second-order valence-electron chi connectivity index (χ2n) is 6.22. The number of likely N-dealkylation sites (tertiary alicyclic amines) is 1. The number of hydrogen-bond donors (Lipinski definition) is 2. The van der Waals surface area contributed by atoms with Gasteiger partial charge in [0.1, 0.15) is 0 Å². The predicted octanol–water partition coefficient (Wildman–Crippen LogP) is 2.66. The first-order valence-electron chi connectivity index (χ1n) is 8.03. The van der Waals surface area contributed by atoms with E-state index in [-0.39, 0.29) is 0 Å². The molecule has 2 N–H and O–H groups in total. The van der Waals surface area contributed by atoms with Crippen LogP contribution in [0.4, 0.5) is 0 Å². The van der Waals surface area contributed by atoms with E-state index in [4.69, 9.17) is 12.2 Å². The normalized spacial score (nSPS) is 23.8. The molecule has 2 rings (SSSR count). The van der Waals surface area contributed by atoms with Gasteiger partial charge in [-0.2, -0.15) is 0 Å². The molecule has 0 bridgehead atoms. The van der Waals surface area contributed by atoms with E-state index < -0.39 is 0 Å². The Hall–Kier alpha value is -0.350. The number of thiocarbonyl (C=S) groups is 1. The quantitative estimate of drug-likeness (QED) is 0.776. The van der Waals surface area contributed by atoms with Gasteiger partial charge in [-0.1, -0.05) is 25.7 Å². The smallest absolute Gasteiger partial charge is 0.166 e. The van der Waals surface area contributed by atoms with Gasteiger partial charge in [0, 0.05) is 18.6 Å². The van der Waals surface area contributed by atoms with Gasteiger partial charge in [-0.3, -0.25) is 0 Å². The molecule has 3 nitrogen and oxygen atoms in total. The Balaban J connectivity index is 1.63. The molecule has 0 aromatic rings. The van der Waals surface area contributed by atoms with Gasteiger partial charge in [-0.25, -0.2) is 0 Å². The lowest BCUT2D eigenvalue weighted by Gasteiger charge is -2.31. The molecule has 1 saturated carbocycles. The summed E-state index contributed by atoms with van der Waals surface area (Å²) < 4.78 is 0. The summed E-state index contributed by atoms with van der Waals surface area (Å²) in [6.45, 7) is 5.87. The third kappa shape index (κ3) is 5.65. The SMILES string of the molecule is CC(CN1CCCCC1)NC(=S)NC1CCCCC1. The highest BCUT2D eigenvalue weighted by atomic mass is 32.1. The summed E-state index contributed by atoms with van der Waals surface area (Å²) in [6.07, 6.45) is 10.8. The summed E-state index contributed by atoms with van der Waals surface area (Å²) in [4.78, 5) is 2.56. The molecule has 2 aliphatic rings. The maximum absolute atomic E-state index is 5.44. The third-order valence-corrected chi connectivity index (χ3v) is 4.53. The van der Waals surface area contributed by atoms with Crippen molar-refractivity contribution in [2.75, 3.05) is 19.6 Å². The minimum absolute atomic E-state index is 0.446. The highest BCUT2D eigenvalue weighted by molar-refractivity contribution is 7.80. The molecule has 1 saturated heterocycles. The lowest BCUT2D eigenvalue weighted by atomic mass is 9.96. The zero-order chi connectivity index (χ0) is 13.5. The Kier molecular flexibility index (Phi) is 6.38. The monoisotopic (exact) mass is 283 g/mol. The van der Waals surface area contributed by atoms with Crippen LogP contribution in [-0.2, 0) is 0 Å². The maximum Gasteiger partial charge on any atom is 0.166 e. The maximum atomic E-state index is 5.44. The van der Waals surface area contributed by atoms with Crippen LogP contribution in [0.1, 0.15) is 58.3 Å². The Morgan fingerprint density at radius 1 is 1.11 bits per heavy atom.